The van der Waals surface area contributed by atoms with E-state index in [2.05, 4.69) is 115 Å². The van der Waals surface area contributed by atoms with Gasteiger partial charge in [-0.3, -0.25) is 0 Å². The lowest BCUT2D eigenvalue weighted by Crippen LogP contribution is -2.01. The molecule has 0 amide bonds. The zero-order valence-electron chi connectivity index (χ0n) is 18.8. The van der Waals surface area contributed by atoms with E-state index in [9.17, 15) is 0 Å². The molecule has 0 fully saturated rings. The van der Waals surface area contributed by atoms with Crippen molar-refractivity contribution in [2.75, 3.05) is 5.32 Å². The predicted molar refractivity (Wildman–Crippen MR) is 147 cm³/mol. The molecule has 1 aliphatic heterocycles. The predicted octanol–water partition coefficient (Wildman–Crippen LogP) is 8.33. The molecule has 3 nitrogen and oxygen atoms in total. The van der Waals surface area contributed by atoms with Gasteiger partial charge in [-0.15, -0.1) is 0 Å². The molecule has 2 heterocycles. The minimum atomic E-state index is 0.215. The van der Waals surface area contributed by atoms with E-state index in [1.165, 1.54) is 26.9 Å². The summed E-state index contributed by atoms with van der Waals surface area (Å²) >= 11 is 1.85. The Hall–Kier alpha value is -4.15. The quantitative estimate of drug-likeness (QED) is 0.284. The standard InChI is InChI=1S/C31H21N3S/c1-2-8-23-19-24(18-13-20(23)7-1)29-25-9-3-4-10-26(25)32-30(34-29)21-14-16-22(17-15-21)31-33-27-11-5-6-12-28(27)35-31/h1-19,31,33H. The van der Waals surface area contributed by atoms with Crippen LogP contribution in [0.25, 0.3) is 44.3 Å². The summed E-state index contributed by atoms with van der Waals surface area (Å²) in [5, 5.41) is 7.33. The Balaban J connectivity index is 1.29. The molecule has 0 spiro atoms. The molecule has 0 radical (unpaired) electrons. The van der Waals surface area contributed by atoms with Crippen molar-refractivity contribution in [2.45, 2.75) is 10.3 Å². The van der Waals surface area contributed by atoms with Gasteiger partial charge in [0.25, 0.3) is 0 Å². The normalized spacial score (nSPS) is 14.7. The van der Waals surface area contributed by atoms with Crippen LogP contribution in [0.1, 0.15) is 10.9 Å². The van der Waals surface area contributed by atoms with E-state index in [1.54, 1.807) is 0 Å². The van der Waals surface area contributed by atoms with E-state index in [1.807, 2.05) is 17.8 Å². The molecule has 35 heavy (non-hydrogen) atoms. The van der Waals surface area contributed by atoms with Crippen molar-refractivity contribution in [3.05, 3.63) is 121 Å². The van der Waals surface area contributed by atoms with Crippen molar-refractivity contribution >= 4 is 39.1 Å². The Bertz CT molecular complexity index is 1680. The fraction of sp³-hybridized carbons (Fsp3) is 0.0323. The molecule has 1 aliphatic rings. The Kier molecular flexibility index (Phi) is 4.78. The minimum Gasteiger partial charge on any atom is -0.368 e. The molecular formula is C31H21N3S. The number of para-hydroxylation sites is 2. The molecule has 0 saturated heterocycles. The highest BCUT2D eigenvalue weighted by molar-refractivity contribution is 8.00. The third-order valence-electron chi connectivity index (χ3n) is 6.52. The van der Waals surface area contributed by atoms with Crippen LogP contribution in [0.3, 0.4) is 0 Å². The molecular weight excluding hydrogens is 446 g/mol. The number of benzene rings is 5. The number of nitrogens with zero attached hydrogens (tertiary/aromatic N) is 2. The maximum Gasteiger partial charge on any atom is 0.160 e. The van der Waals surface area contributed by atoms with Crippen molar-refractivity contribution in [1.82, 2.24) is 9.97 Å². The molecule has 5 aromatic carbocycles. The Morgan fingerprint density at radius 1 is 0.629 bits per heavy atom. The summed E-state index contributed by atoms with van der Waals surface area (Å²) in [5.74, 6) is 0.744. The molecule has 0 bridgehead atoms. The fourth-order valence-electron chi connectivity index (χ4n) is 4.71. The molecule has 1 atom stereocenters. The van der Waals surface area contributed by atoms with Gasteiger partial charge in [0.15, 0.2) is 5.82 Å². The van der Waals surface area contributed by atoms with Crippen LogP contribution in [0.5, 0.6) is 0 Å². The van der Waals surface area contributed by atoms with Crippen molar-refractivity contribution in [1.29, 1.82) is 0 Å². The first-order valence-electron chi connectivity index (χ1n) is 11.7. The Morgan fingerprint density at radius 3 is 2.26 bits per heavy atom. The van der Waals surface area contributed by atoms with Crippen molar-refractivity contribution < 1.29 is 0 Å². The van der Waals surface area contributed by atoms with Gasteiger partial charge in [0.05, 0.1) is 11.2 Å². The van der Waals surface area contributed by atoms with Crippen LogP contribution in [-0.2, 0) is 0 Å². The first kappa shape index (κ1) is 20.2. The molecule has 1 N–H and O–H groups in total. The van der Waals surface area contributed by atoms with Gasteiger partial charge in [0, 0.05) is 27.1 Å². The van der Waals surface area contributed by atoms with Crippen LogP contribution in [0, 0.1) is 0 Å². The summed E-state index contributed by atoms with van der Waals surface area (Å²) in [5.41, 5.74) is 6.47. The summed E-state index contributed by atoms with van der Waals surface area (Å²) in [7, 11) is 0. The highest BCUT2D eigenvalue weighted by Gasteiger charge is 2.22. The lowest BCUT2D eigenvalue weighted by Gasteiger charge is -2.13. The number of rotatable bonds is 3. The fourth-order valence-corrected chi connectivity index (χ4v) is 5.85. The molecule has 1 aromatic heterocycles. The third kappa shape index (κ3) is 3.63. The van der Waals surface area contributed by atoms with Crippen molar-refractivity contribution in [2.24, 2.45) is 0 Å². The third-order valence-corrected chi connectivity index (χ3v) is 7.75. The SMILES string of the molecule is c1ccc2c(c1)NC(c1ccc(-c3nc(-c4ccc5ccccc5c4)c4ccccc4n3)cc1)S2. The summed E-state index contributed by atoms with van der Waals surface area (Å²) in [6, 6.07) is 40.3. The highest BCUT2D eigenvalue weighted by Crippen LogP contribution is 2.46. The number of aromatic nitrogens is 2. The number of hydrogen-bond donors (Lipinski definition) is 1. The van der Waals surface area contributed by atoms with Gasteiger partial charge >= 0.3 is 0 Å². The van der Waals surface area contributed by atoms with Crippen molar-refractivity contribution in [3.63, 3.8) is 0 Å². The lowest BCUT2D eigenvalue weighted by atomic mass is 10.0. The lowest BCUT2D eigenvalue weighted by molar-refractivity contribution is 1.13. The molecule has 166 valence electrons. The molecule has 0 aliphatic carbocycles. The summed E-state index contributed by atoms with van der Waals surface area (Å²) in [4.78, 5) is 11.3. The Morgan fingerprint density at radius 2 is 1.37 bits per heavy atom. The van der Waals surface area contributed by atoms with Gasteiger partial charge in [-0.25, -0.2) is 9.97 Å². The number of thioether (sulfide) groups is 1. The maximum atomic E-state index is 5.08. The first-order chi connectivity index (χ1) is 17.3. The smallest absolute Gasteiger partial charge is 0.160 e. The van der Waals surface area contributed by atoms with Crippen LogP contribution in [-0.4, -0.2) is 9.97 Å². The second kappa shape index (κ2) is 8.26. The maximum absolute atomic E-state index is 5.08. The zero-order valence-corrected chi connectivity index (χ0v) is 19.7. The zero-order chi connectivity index (χ0) is 23.2. The van der Waals surface area contributed by atoms with Gasteiger partial charge in [0.2, 0.25) is 0 Å². The van der Waals surface area contributed by atoms with Gasteiger partial charge in [-0.1, -0.05) is 103 Å². The van der Waals surface area contributed by atoms with E-state index >= 15 is 0 Å². The average Bonchev–Trinajstić information content (AvgIpc) is 3.37. The van der Waals surface area contributed by atoms with E-state index in [4.69, 9.17) is 9.97 Å². The molecule has 4 heteroatoms. The van der Waals surface area contributed by atoms with E-state index in [0.717, 1.165) is 33.5 Å². The summed E-state index contributed by atoms with van der Waals surface area (Å²) in [6.45, 7) is 0. The molecule has 6 aromatic rings. The van der Waals surface area contributed by atoms with Crippen LogP contribution in [0.2, 0.25) is 0 Å². The van der Waals surface area contributed by atoms with Gasteiger partial charge in [-0.05, 0) is 40.6 Å². The highest BCUT2D eigenvalue weighted by atomic mass is 32.2. The van der Waals surface area contributed by atoms with E-state index in [-0.39, 0.29) is 5.37 Å². The molecule has 1 unspecified atom stereocenters. The van der Waals surface area contributed by atoms with Crippen molar-refractivity contribution in [3.8, 4) is 22.6 Å². The second-order valence-corrected chi connectivity index (χ2v) is 9.88. The van der Waals surface area contributed by atoms with Crippen LogP contribution < -0.4 is 5.32 Å². The number of nitrogens with one attached hydrogen (secondary N) is 1. The van der Waals surface area contributed by atoms with Gasteiger partial charge < -0.3 is 5.32 Å². The first-order valence-corrected chi connectivity index (χ1v) is 12.6. The van der Waals surface area contributed by atoms with Gasteiger partial charge in [0.1, 0.15) is 5.37 Å². The monoisotopic (exact) mass is 467 g/mol. The van der Waals surface area contributed by atoms with Crippen LogP contribution in [0.4, 0.5) is 5.69 Å². The molecule has 7 rings (SSSR count). The number of hydrogen-bond acceptors (Lipinski definition) is 4. The summed E-state index contributed by atoms with van der Waals surface area (Å²) in [6.07, 6.45) is 0. The van der Waals surface area contributed by atoms with Crippen LogP contribution >= 0.6 is 11.8 Å². The van der Waals surface area contributed by atoms with Gasteiger partial charge in [-0.2, -0.15) is 0 Å². The van der Waals surface area contributed by atoms with Crippen LogP contribution in [0.15, 0.2) is 120 Å². The molecule has 0 saturated carbocycles. The average molecular weight is 468 g/mol. The summed E-state index contributed by atoms with van der Waals surface area (Å²) < 4.78 is 0. The van der Waals surface area contributed by atoms with E-state index in [0.29, 0.717) is 0 Å². The topological polar surface area (TPSA) is 37.8 Å². The number of fused-ring (bicyclic) bond motifs is 3. The Labute approximate surface area is 207 Å². The second-order valence-electron chi connectivity index (χ2n) is 8.74. The number of anilines is 1. The minimum absolute atomic E-state index is 0.215. The largest absolute Gasteiger partial charge is 0.368 e. The van der Waals surface area contributed by atoms with E-state index < -0.39 is 0 Å².